The SMILES string of the molecule is CCCCCCCCOc1ccc(C(=O)/C=C/c2ccc(OC)cc2)cc1. The van der Waals surface area contributed by atoms with Crippen molar-refractivity contribution >= 4 is 11.9 Å². The molecule has 2 aromatic rings. The average Bonchev–Trinajstić information content (AvgIpc) is 2.72. The summed E-state index contributed by atoms with van der Waals surface area (Å²) in [6, 6.07) is 15.0. The predicted octanol–water partition coefficient (Wildman–Crippen LogP) is 6.33. The van der Waals surface area contributed by atoms with Gasteiger partial charge in [-0.15, -0.1) is 0 Å². The third-order valence-corrected chi connectivity index (χ3v) is 4.45. The normalized spacial score (nSPS) is 10.9. The Kier molecular flexibility index (Phi) is 9.19. The van der Waals surface area contributed by atoms with Crippen LogP contribution in [0.2, 0.25) is 0 Å². The van der Waals surface area contributed by atoms with Gasteiger partial charge in [-0.2, -0.15) is 0 Å². The van der Waals surface area contributed by atoms with E-state index < -0.39 is 0 Å². The van der Waals surface area contributed by atoms with Crippen molar-refractivity contribution in [3.8, 4) is 11.5 Å². The highest BCUT2D eigenvalue weighted by Crippen LogP contribution is 2.16. The lowest BCUT2D eigenvalue weighted by atomic mass is 10.1. The molecule has 3 heteroatoms. The van der Waals surface area contributed by atoms with E-state index in [1.54, 1.807) is 13.2 Å². The minimum absolute atomic E-state index is 0.0201. The fourth-order valence-corrected chi connectivity index (χ4v) is 2.77. The quantitative estimate of drug-likeness (QED) is 0.250. The van der Waals surface area contributed by atoms with Crippen LogP contribution in [0.4, 0.5) is 0 Å². The molecule has 0 radical (unpaired) electrons. The van der Waals surface area contributed by atoms with Crippen molar-refractivity contribution in [2.75, 3.05) is 13.7 Å². The van der Waals surface area contributed by atoms with Crippen molar-refractivity contribution in [2.45, 2.75) is 45.4 Å². The number of unbranched alkanes of at least 4 members (excludes halogenated alkanes) is 5. The molecule has 0 saturated heterocycles. The Labute approximate surface area is 163 Å². The molecule has 0 unspecified atom stereocenters. The second kappa shape index (κ2) is 11.9. The van der Waals surface area contributed by atoms with Gasteiger partial charge in [0.25, 0.3) is 0 Å². The summed E-state index contributed by atoms with van der Waals surface area (Å²) in [4.78, 5) is 12.3. The molecule has 144 valence electrons. The number of methoxy groups -OCH3 is 1. The van der Waals surface area contributed by atoms with E-state index in [9.17, 15) is 4.79 Å². The Bertz CT molecular complexity index is 699. The summed E-state index contributed by atoms with van der Waals surface area (Å²) in [7, 11) is 1.63. The Morgan fingerprint density at radius 3 is 2.15 bits per heavy atom. The zero-order valence-electron chi connectivity index (χ0n) is 16.4. The van der Waals surface area contributed by atoms with Gasteiger partial charge in [-0.05, 0) is 54.5 Å². The van der Waals surface area contributed by atoms with Gasteiger partial charge in [-0.3, -0.25) is 4.79 Å². The maximum Gasteiger partial charge on any atom is 0.185 e. The van der Waals surface area contributed by atoms with Crippen LogP contribution in [0.1, 0.15) is 61.4 Å². The van der Waals surface area contributed by atoms with Gasteiger partial charge in [0.15, 0.2) is 5.78 Å². The van der Waals surface area contributed by atoms with Crippen LogP contribution in [0, 0.1) is 0 Å². The van der Waals surface area contributed by atoms with E-state index in [1.165, 1.54) is 32.1 Å². The van der Waals surface area contributed by atoms with Gasteiger partial charge in [-0.25, -0.2) is 0 Å². The Balaban J connectivity index is 1.76. The van der Waals surface area contributed by atoms with Crippen molar-refractivity contribution in [3.63, 3.8) is 0 Å². The highest BCUT2D eigenvalue weighted by atomic mass is 16.5. The number of carbonyl (C=O) groups excluding carboxylic acids is 1. The maximum absolute atomic E-state index is 12.3. The first-order valence-electron chi connectivity index (χ1n) is 9.82. The fourth-order valence-electron chi connectivity index (χ4n) is 2.77. The molecule has 0 bridgehead atoms. The summed E-state index contributed by atoms with van der Waals surface area (Å²) in [5.41, 5.74) is 1.62. The molecule has 0 fully saturated rings. The van der Waals surface area contributed by atoms with E-state index >= 15 is 0 Å². The van der Waals surface area contributed by atoms with Gasteiger partial charge in [0.05, 0.1) is 13.7 Å². The lowest BCUT2D eigenvalue weighted by Gasteiger charge is -2.06. The standard InChI is InChI=1S/C24H30O3/c1-3-4-5-6-7-8-19-27-23-16-12-21(13-17-23)24(25)18-11-20-9-14-22(26-2)15-10-20/h9-18H,3-8,19H2,1-2H3/b18-11+. The zero-order chi connectivity index (χ0) is 19.3. The van der Waals surface area contributed by atoms with Crippen molar-refractivity contribution in [3.05, 3.63) is 65.7 Å². The topological polar surface area (TPSA) is 35.5 Å². The van der Waals surface area contributed by atoms with Crippen LogP contribution in [0.15, 0.2) is 54.6 Å². The van der Waals surface area contributed by atoms with E-state index in [4.69, 9.17) is 9.47 Å². The van der Waals surface area contributed by atoms with Gasteiger partial charge >= 0.3 is 0 Å². The number of ketones is 1. The summed E-state index contributed by atoms with van der Waals surface area (Å²) in [6.07, 6.45) is 10.9. The minimum atomic E-state index is -0.0201. The molecule has 0 saturated carbocycles. The number of carbonyl (C=O) groups is 1. The number of allylic oxidation sites excluding steroid dienone is 1. The first-order chi connectivity index (χ1) is 13.2. The van der Waals surface area contributed by atoms with Crippen LogP contribution in [0.3, 0.4) is 0 Å². The molecule has 0 aliphatic carbocycles. The highest BCUT2D eigenvalue weighted by molar-refractivity contribution is 6.06. The van der Waals surface area contributed by atoms with Crippen LogP contribution in [0.5, 0.6) is 11.5 Å². The molecule has 2 rings (SSSR count). The molecule has 0 atom stereocenters. The molecule has 0 aliphatic heterocycles. The maximum atomic E-state index is 12.3. The molecule has 2 aromatic carbocycles. The summed E-state index contributed by atoms with van der Waals surface area (Å²) < 4.78 is 10.9. The van der Waals surface area contributed by atoms with Crippen LogP contribution in [-0.4, -0.2) is 19.5 Å². The van der Waals surface area contributed by atoms with E-state index in [0.29, 0.717) is 5.56 Å². The number of benzene rings is 2. The van der Waals surface area contributed by atoms with Gasteiger partial charge < -0.3 is 9.47 Å². The van der Waals surface area contributed by atoms with E-state index in [0.717, 1.165) is 30.1 Å². The monoisotopic (exact) mass is 366 g/mol. The number of hydrogen-bond acceptors (Lipinski definition) is 3. The molecule has 27 heavy (non-hydrogen) atoms. The van der Waals surface area contributed by atoms with Crippen LogP contribution >= 0.6 is 0 Å². The van der Waals surface area contributed by atoms with E-state index in [1.807, 2.05) is 54.6 Å². The van der Waals surface area contributed by atoms with Crippen LogP contribution in [-0.2, 0) is 0 Å². The number of rotatable bonds is 12. The summed E-state index contributed by atoms with van der Waals surface area (Å²) in [6.45, 7) is 2.96. The van der Waals surface area contributed by atoms with Gasteiger partial charge in [0.2, 0.25) is 0 Å². The van der Waals surface area contributed by atoms with E-state index in [-0.39, 0.29) is 5.78 Å². The zero-order valence-corrected chi connectivity index (χ0v) is 16.4. The third-order valence-electron chi connectivity index (χ3n) is 4.45. The van der Waals surface area contributed by atoms with Crippen molar-refractivity contribution in [1.82, 2.24) is 0 Å². The first-order valence-corrected chi connectivity index (χ1v) is 9.82. The smallest absolute Gasteiger partial charge is 0.185 e. The van der Waals surface area contributed by atoms with Gasteiger partial charge in [-0.1, -0.05) is 57.2 Å². The second-order valence-electron chi connectivity index (χ2n) is 6.61. The predicted molar refractivity (Wildman–Crippen MR) is 112 cm³/mol. The Morgan fingerprint density at radius 1 is 0.852 bits per heavy atom. The summed E-state index contributed by atoms with van der Waals surface area (Å²) in [5.74, 6) is 1.60. The highest BCUT2D eigenvalue weighted by Gasteiger charge is 2.02. The summed E-state index contributed by atoms with van der Waals surface area (Å²) in [5, 5.41) is 0. The van der Waals surface area contributed by atoms with Crippen molar-refractivity contribution in [1.29, 1.82) is 0 Å². The van der Waals surface area contributed by atoms with Crippen LogP contribution < -0.4 is 9.47 Å². The first kappa shape index (κ1) is 20.8. The lowest BCUT2D eigenvalue weighted by molar-refractivity contribution is 0.104. The molecule has 0 amide bonds. The number of hydrogen-bond donors (Lipinski definition) is 0. The fraction of sp³-hybridized carbons (Fsp3) is 0.375. The van der Waals surface area contributed by atoms with Crippen molar-refractivity contribution < 1.29 is 14.3 Å². The van der Waals surface area contributed by atoms with Crippen LogP contribution in [0.25, 0.3) is 6.08 Å². The number of ether oxygens (including phenoxy) is 2. The lowest BCUT2D eigenvalue weighted by Crippen LogP contribution is -1.98. The van der Waals surface area contributed by atoms with Gasteiger partial charge in [0, 0.05) is 5.56 Å². The van der Waals surface area contributed by atoms with Gasteiger partial charge in [0.1, 0.15) is 11.5 Å². The van der Waals surface area contributed by atoms with Crippen molar-refractivity contribution in [2.24, 2.45) is 0 Å². The molecular weight excluding hydrogens is 336 g/mol. The Hall–Kier alpha value is -2.55. The average molecular weight is 367 g/mol. The molecular formula is C24H30O3. The molecule has 0 spiro atoms. The summed E-state index contributed by atoms with van der Waals surface area (Å²) >= 11 is 0. The molecule has 0 aromatic heterocycles. The van der Waals surface area contributed by atoms with E-state index in [2.05, 4.69) is 6.92 Å². The largest absolute Gasteiger partial charge is 0.497 e. The molecule has 0 aliphatic rings. The third kappa shape index (κ3) is 7.69. The molecule has 0 N–H and O–H groups in total. The Morgan fingerprint density at radius 2 is 1.48 bits per heavy atom. The molecule has 3 nitrogen and oxygen atoms in total. The minimum Gasteiger partial charge on any atom is -0.497 e. The molecule has 0 heterocycles. The second-order valence-corrected chi connectivity index (χ2v) is 6.61.